The third kappa shape index (κ3) is 2.35. The number of nitrogen functional groups attached to an aromatic ring is 1. The van der Waals surface area contributed by atoms with Crippen LogP contribution in [0.5, 0.6) is 0 Å². The van der Waals surface area contributed by atoms with E-state index in [0.717, 1.165) is 6.92 Å². The standard InChI is InChI=1S/C10H11N3O3/c1-6(14)13(10(16)9(12)15)8-4-2-3-7(11)5-8/h2-5H,11H2,1H3,(H2,12,15). The molecular weight excluding hydrogens is 210 g/mol. The maximum absolute atomic E-state index is 11.4. The molecule has 6 heteroatoms. The Hall–Kier alpha value is -2.37. The van der Waals surface area contributed by atoms with Crippen molar-refractivity contribution < 1.29 is 14.4 Å². The first-order chi connectivity index (χ1) is 7.43. The largest absolute Gasteiger partial charge is 0.399 e. The quantitative estimate of drug-likeness (QED) is 0.498. The van der Waals surface area contributed by atoms with Crippen molar-refractivity contribution in [2.75, 3.05) is 10.6 Å². The second kappa shape index (κ2) is 4.43. The molecule has 1 aromatic rings. The molecule has 0 bridgehead atoms. The minimum atomic E-state index is -1.20. The highest BCUT2D eigenvalue weighted by Gasteiger charge is 2.24. The fourth-order valence-corrected chi connectivity index (χ4v) is 1.22. The van der Waals surface area contributed by atoms with Crippen LogP contribution in [-0.4, -0.2) is 17.7 Å². The number of imide groups is 1. The summed E-state index contributed by atoms with van der Waals surface area (Å²) < 4.78 is 0. The van der Waals surface area contributed by atoms with Gasteiger partial charge in [0.05, 0.1) is 5.69 Å². The highest BCUT2D eigenvalue weighted by atomic mass is 16.2. The van der Waals surface area contributed by atoms with Crippen LogP contribution >= 0.6 is 0 Å². The lowest BCUT2D eigenvalue weighted by molar-refractivity contribution is -0.137. The monoisotopic (exact) mass is 221 g/mol. The van der Waals surface area contributed by atoms with Crippen LogP contribution in [-0.2, 0) is 14.4 Å². The summed E-state index contributed by atoms with van der Waals surface area (Å²) in [5, 5.41) is 0. The van der Waals surface area contributed by atoms with E-state index >= 15 is 0 Å². The molecule has 0 radical (unpaired) electrons. The second-order valence-electron chi connectivity index (χ2n) is 3.12. The van der Waals surface area contributed by atoms with Crippen LogP contribution in [0.3, 0.4) is 0 Å². The van der Waals surface area contributed by atoms with Gasteiger partial charge in [-0.3, -0.25) is 14.4 Å². The number of anilines is 2. The normalized spacial score (nSPS) is 9.56. The van der Waals surface area contributed by atoms with E-state index < -0.39 is 17.7 Å². The van der Waals surface area contributed by atoms with Crippen LogP contribution in [0, 0.1) is 0 Å². The molecule has 0 aliphatic carbocycles. The molecule has 0 atom stereocenters. The second-order valence-corrected chi connectivity index (χ2v) is 3.12. The Morgan fingerprint density at radius 3 is 2.31 bits per heavy atom. The molecule has 0 aliphatic heterocycles. The Kier molecular flexibility index (Phi) is 3.24. The van der Waals surface area contributed by atoms with Gasteiger partial charge in [0.1, 0.15) is 0 Å². The van der Waals surface area contributed by atoms with Crippen LogP contribution < -0.4 is 16.4 Å². The summed E-state index contributed by atoms with van der Waals surface area (Å²) >= 11 is 0. The molecule has 0 aromatic heterocycles. The lowest BCUT2D eigenvalue weighted by atomic mass is 10.2. The molecule has 6 nitrogen and oxygen atoms in total. The highest BCUT2D eigenvalue weighted by Crippen LogP contribution is 2.17. The molecule has 0 aliphatic rings. The average molecular weight is 221 g/mol. The van der Waals surface area contributed by atoms with Gasteiger partial charge in [-0.25, -0.2) is 4.90 Å². The van der Waals surface area contributed by atoms with Gasteiger partial charge in [-0.15, -0.1) is 0 Å². The summed E-state index contributed by atoms with van der Waals surface area (Å²) in [5.41, 5.74) is 10.9. The van der Waals surface area contributed by atoms with E-state index in [2.05, 4.69) is 0 Å². The van der Waals surface area contributed by atoms with Crippen molar-refractivity contribution in [2.24, 2.45) is 5.73 Å². The van der Waals surface area contributed by atoms with Gasteiger partial charge < -0.3 is 11.5 Å². The van der Waals surface area contributed by atoms with Crippen molar-refractivity contribution in [3.8, 4) is 0 Å². The van der Waals surface area contributed by atoms with E-state index in [-0.39, 0.29) is 5.69 Å². The Labute approximate surface area is 91.8 Å². The minimum absolute atomic E-state index is 0.219. The zero-order valence-corrected chi connectivity index (χ0v) is 8.64. The molecule has 84 valence electrons. The van der Waals surface area contributed by atoms with Crippen molar-refractivity contribution in [1.82, 2.24) is 0 Å². The van der Waals surface area contributed by atoms with Gasteiger partial charge in [-0.1, -0.05) is 6.07 Å². The Bertz CT molecular complexity index is 456. The molecule has 0 spiro atoms. The maximum atomic E-state index is 11.4. The molecule has 0 fully saturated rings. The lowest BCUT2D eigenvalue weighted by Crippen LogP contribution is -2.43. The maximum Gasteiger partial charge on any atom is 0.322 e. The van der Waals surface area contributed by atoms with E-state index in [1.807, 2.05) is 0 Å². The van der Waals surface area contributed by atoms with E-state index in [9.17, 15) is 14.4 Å². The molecular formula is C10H11N3O3. The Morgan fingerprint density at radius 1 is 1.25 bits per heavy atom. The smallest absolute Gasteiger partial charge is 0.322 e. The first kappa shape index (κ1) is 11.7. The number of rotatable bonds is 1. The summed E-state index contributed by atoms with van der Waals surface area (Å²) in [5.74, 6) is -2.88. The van der Waals surface area contributed by atoms with Gasteiger partial charge in [0.2, 0.25) is 5.91 Å². The van der Waals surface area contributed by atoms with Crippen LogP contribution in [0.15, 0.2) is 24.3 Å². The third-order valence-corrected chi connectivity index (χ3v) is 1.86. The lowest BCUT2D eigenvalue weighted by Gasteiger charge is -2.17. The van der Waals surface area contributed by atoms with E-state index in [1.54, 1.807) is 12.1 Å². The molecule has 0 unspecified atom stereocenters. The number of hydrogen-bond acceptors (Lipinski definition) is 4. The number of carbonyl (C=O) groups is 3. The van der Waals surface area contributed by atoms with E-state index in [1.165, 1.54) is 12.1 Å². The fraction of sp³-hybridized carbons (Fsp3) is 0.100. The number of amides is 3. The molecule has 4 N–H and O–H groups in total. The van der Waals surface area contributed by atoms with Gasteiger partial charge in [0, 0.05) is 12.6 Å². The Balaban J connectivity index is 3.18. The third-order valence-electron chi connectivity index (χ3n) is 1.86. The fourth-order valence-electron chi connectivity index (χ4n) is 1.22. The topological polar surface area (TPSA) is 106 Å². The van der Waals surface area contributed by atoms with Gasteiger partial charge in [0.25, 0.3) is 0 Å². The van der Waals surface area contributed by atoms with Crippen LogP contribution in [0.1, 0.15) is 6.92 Å². The van der Waals surface area contributed by atoms with E-state index in [4.69, 9.17) is 11.5 Å². The predicted molar refractivity (Wildman–Crippen MR) is 58.2 cm³/mol. The number of nitrogens with two attached hydrogens (primary N) is 2. The summed E-state index contributed by atoms with van der Waals surface area (Å²) in [7, 11) is 0. The van der Waals surface area contributed by atoms with Crippen molar-refractivity contribution in [3.63, 3.8) is 0 Å². The number of carbonyl (C=O) groups excluding carboxylic acids is 3. The molecule has 16 heavy (non-hydrogen) atoms. The van der Waals surface area contributed by atoms with Crippen LogP contribution in [0.2, 0.25) is 0 Å². The summed E-state index contributed by atoms with van der Waals surface area (Å²) in [6.45, 7) is 1.16. The van der Waals surface area contributed by atoms with Crippen molar-refractivity contribution in [1.29, 1.82) is 0 Å². The summed E-state index contributed by atoms with van der Waals surface area (Å²) in [4.78, 5) is 34.1. The van der Waals surface area contributed by atoms with Crippen LogP contribution in [0.25, 0.3) is 0 Å². The van der Waals surface area contributed by atoms with Gasteiger partial charge >= 0.3 is 11.8 Å². The number of nitrogens with zero attached hydrogens (tertiary/aromatic N) is 1. The van der Waals surface area contributed by atoms with Crippen molar-refractivity contribution in [3.05, 3.63) is 24.3 Å². The molecule has 0 saturated heterocycles. The van der Waals surface area contributed by atoms with Gasteiger partial charge in [-0.2, -0.15) is 0 Å². The number of hydrogen-bond donors (Lipinski definition) is 2. The van der Waals surface area contributed by atoms with E-state index in [0.29, 0.717) is 10.6 Å². The predicted octanol–water partition coefficient (Wildman–Crippen LogP) is -0.366. The molecule has 0 heterocycles. The zero-order valence-electron chi connectivity index (χ0n) is 8.64. The summed E-state index contributed by atoms with van der Waals surface area (Å²) in [6.07, 6.45) is 0. The first-order valence-corrected chi connectivity index (χ1v) is 4.43. The first-order valence-electron chi connectivity index (χ1n) is 4.43. The van der Waals surface area contributed by atoms with Gasteiger partial charge in [0.15, 0.2) is 0 Å². The SMILES string of the molecule is CC(=O)N(C(=O)C(N)=O)c1cccc(N)c1. The number of benzene rings is 1. The van der Waals surface area contributed by atoms with Crippen LogP contribution in [0.4, 0.5) is 11.4 Å². The molecule has 0 saturated carbocycles. The number of primary amides is 1. The summed E-state index contributed by atoms with van der Waals surface area (Å²) in [6, 6.07) is 6.05. The highest BCUT2D eigenvalue weighted by molar-refractivity contribution is 6.44. The molecule has 3 amide bonds. The minimum Gasteiger partial charge on any atom is -0.399 e. The molecule has 1 rings (SSSR count). The van der Waals surface area contributed by atoms with Crippen molar-refractivity contribution >= 4 is 29.1 Å². The average Bonchev–Trinajstić information content (AvgIpc) is 2.17. The van der Waals surface area contributed by atoms with Gasteiger partial charge in [-0.05, 0) is 18.2 Å². The zero-order chi connectivity index (χ0) is 12.3. The Morgan fingerprint density at radius 2 is 1.88 bits per heavy atom. The van der Waals surface area contributed by atoms with Crippen molar-refractivity contribution in [2.45, 2.75) is 6.92 Å². The molecule has 1 aromatic carbocycles.